The number of hydrogen-bond donors (Lipinski definition) is 2. The summed E-state index contributed by atoms with van der Waals surface area (Å²) in [6.07, 6.45) is 2.85. The molecule has 0 saturated carbocycles. The molecule has 0 aliphatic heterocycles. The molecule has 6 heteroatoms. The van der Waals surface area contributed by atoms with E-state index in [9.17, 15) is 0 Å². The Labute approximate surface area is 125 Å². The molecule has 6 nitrogen and oxygen atoms in total. The second-order valence-electron chi connectivity index (χ2n) is 4.67. The van der Waals surface area contributed by atoms with Crippen molar-refractivity contribution in [3.63, 3.8) is 0 Å². The van der Waals surface area contributed by atoms with E-state index in [1.165, 1.54) is 0 Å². The van der Waals surface area contributed by atoms with Gasteiger partial charge in [0.1, 0.15) is 17.5 Å². The molecule has 0 fully saturated rings. The lowest BCUT2D eigenvalue weighted by molar-refractivity contribution is 0.397. The number of methoxy groups -OCH3 is 1. The van der Waals surface area contributed by atoms with E-state index >= 15 is 0 Å². The number of rotatable bonds is 7. The van der Waals surface area contributed by atoms with Gasteiger partial charge in [-0.1, -0.05) is 13.0 Å². The lowest BCUT2D eigenvalue weighted by Gasteiger charge is -2.10. The van der Waals surface area contributed by atoms with E-state index in [-0.39, 0.29) is 0 Å². The fourth-order valence-corrected chi connectivity index (χ4v) is 1.83. The minimum absolute atomic E-state index is 0.614. The zero-order valence-electron chi connectivity index (χ0n) is 12.7. The average molecular weight is 287 g/mol. The molecule has 0 atom stereocenters. The largest absolute Gasteiger partial charge is 0.481 e. The number of anilines is 2. The Bertz CT molecular complexity index is 571. The number of pyridine rings is 1. The maximum Gasteiger partial charge on any atom is 0.212 e. The third kappa shape index (κ3) is 4.59. The van der Waals surface area contributed by atoms with Gasteiger partial charge >= 0.3 is 0 Å². The van der Waals surface area contributed by atoms with Gasteiger partial charge in [0.05, 0.1) is 7.11 Å². The van der Waals surface area contributed by atoms with Crippen molar-refractivity contribution in [2.75, 3.05) is 24.3 Å². The molecule has 0 saturated heterocycles. The average Bonchev–Trinajstić information content (AvgIpc) is 2.51. The van der Waals surface area contributed by atoms with Gasteiger partial charge in [0, 0.05) is 31.4 Å². The van der Waals surface area contributed by atoms with Crippen LogP contribution < -0.4 is 15.4 Å². The van der Waals surface area contributed by atoms with Crippen LogP contribution in [-0.2, 0) is 6.54 Å². The molecule has 0 amide bonds. The summed E-state index contributed by atoms with van der Waals surface area (Å²) >= 11 is 0. The topological polar surface area (TPSA) is 72.0 Å². The number of aryl methyl sites for hydroxylation is 1. The minimum atomic E-state index is 0.614. The Kier molecular flexibility index (Phi) is 5.31. The van der Waals surface area contributed by atoms with Gasteiger partial charge in [-0.15, -0.1) is 0 Å². The summed E-state index contributed by atoms with van der Waals surface area (Å²) in [5.74, 6) is 3.01. The highest BCUT2D eigenvalue weighted by Crippen LogP contribution is 2.13. The van der Waals surface area contributed by atoms with Crippen LogP contribution in [0.2, 0.25) is 0 Å². The first-order chi connectivity index (χ1) is 10.2. The fourth-order valence-electron chi connectivity index (χ4n) is 1.83. The molecule has 0 aromatic carbocycles. The van der Waals surface area contributed by atoms with Crippen LogP contribution in [0.5, 0.6) is 5.88 Å². The molecule has 0 bridgehead atoms. The molecule has 2 heterocycles. The van der Waals surface area contributed by atoms with Crippen LogP contribution in [0.1, 0.15) is 24.7 Å². The predicted octanol–water partition coefficient (Wildman–Crippen LogP) is 2.62. The third-order valence-corrected chi connectivity index (χ3v) is 2.87. The van der Waals surface area contributed by atoms with Crippen LogP contribution in [0.15, 0.2) is 24.4 Å². The van der Waals surface area contributed by atoms with Crippen molar-refractivity contribution in [3.8, 4) is 5.88 Å². The van der Waals surface area contributed by atoms with Crippen molar-refractivity contribution < 1.29 is 4.74 Å². The van der Waals surface area contributed by atoms with E-state index in [2.05, 4.69) is 32.5 Å². The SMILES string of the molecule is CCCNc1cc(NCc2ccc(OC)nc2)nc(C)n1. The number of nitrogens with one attached hydrogen (secondary N) is 2. The molecule has 0 aliphatic rings. The van der Waals surface area contributed by atoms with Crippen molar-refractivity contribution in [3.05, 3.63) is 35.8 Å². The van der Waals surface area contributed by atoms with Gasteiger partial charge in [0.25, 0.3) is 0 Å². The lowest BCUT2D eigenvalue weighted by atomic mass is 10.3. The molecule has 21 heavy (non-hydrogen) atoms. The Morgan fingerprint density at radius 3 is 2.52 bits per heavy atom. The summed E-state index contributed by atoms with van der Waals surface area (Å²) < 4.78 is 5.04. The molecular formula is C15H21N5O. The van der Waals surface area contributed by atoms with Crippen LogP contribution in [0.25, 0.3) is 0 Å². The quantitative estimate of drug-likeness (QED) is 0.815. The zero-order chi connectivity index (χ0) is 15.1. The van der Waals surface area contributed by atoms with E-state index in [1.54, 1.807) is 13.3 Å². The molecule has 0 spiro atoms. The second-order valence-corrected chi connectivity index (χ2v) is 4.67. The highest BCUT2D eigenvalue weighted by Gasteiger charge is 2.02. The predicted molar refractivity (Wildman–Crippen MR) is 83.7 cm³/mol. The van der Waals surface area contributed by atoms with Crippen LogP contribution in [0.4, 0.5) is 11.6 Å². The van der Waals surface area contributed by atoms with Gasteiger partial charge in [-0.05, 0) is 18.9 Å². The molecule has 0 unspecified atom stereocenters. The maximum atomic E-state index is 5.04. The molecule has 112 valence electrons. The highest BCUT2D eigenvalue weighted by molar-refractivity contribution is 5.47. The van der Waals surface area contributed by atoms with Gasteiger partial charge in [0.2, 0.25) is 5.88 Å². The summed E-state index contributed by atoms with van der Waals surface area (Å²) in [4.78, 5) is 12.9. The smallest absolute Gasteiger partial charge is 0.212 e. The van der Waals surface area contributed by atoms with Crippen molar-refractivity contribution in [1.82, 2.24) is 15.0 Å². The number of nitrogens with zero attached hydrogens (tertiary/aromatic N) is 3. The van der Waals surface area contributed by atoms with Crippen LogP contribution in [0, 0.1) is 6.92 Å². The van der Waals surface area contributed by atoms with Crippen LogP contribution >= 0.6 is 0 Å². The van der Waals surface area contributed by atoms with Gasteiger partial charge in [0.15, 0.2) is 0 Å². The summed E-state index contributed by atoms with van der Waals surface area (Å²) in [5.41, 5.74) is 1.06. The Morgan fingerprint density at radius 2 is 1.90 bits per heavy atom. The number of ether oxygens (including phenoxy) is 1. The first-order valence-electron chi connectivity index (χ1n) is 7.03. The zero-order valence-corrected chi connectivity index (χ0v) is 12.7. The van der Waals surface area contributed by atoms with Crippen molar-refractivity contribution >= 4 is 11.6 Å². The van der Waals surface area contributed by atoms with Gasteiger partial charge in [-0.2, -0.15) is 0 Å². The Morgan fingerprint density at radius 1 is 1.14 bits per heavy atom. The standard InChI is InChI=1S/C15H21N5O/c1-4-7-16-13-8-14(20-11(2)19-13)17-9-12-5-6-15(21-3)18-10-12/h5-6,8,10H,4,7,9H2,1-3H3,(H2,16,17,19,20). The summed E-state index contributed by atoms with van der Waals surface area (Å²) in [6.45, 7) is 5.56. The second kappa shape index (κ2) is 7.42. The monoisotopic (exact) mass is 287 g/mol. The number of aromatic nitrogens is 3. The normalized spacial score (nSPS) is 10.2. The first-order valence-corrected chi connectivity index (χ1v) is 7.03. The molecule has 2 aromatic heterocycles. The van der Waals surface area contributed by atoms with E-state index in [4.69, 9.17) is 4.74 Å². The lowest BCUT2D eigenvalue weighted by Crippen LogP contribution is -2.07. The van der Waals surface area contributed by atoms with Gasteiger partial charge in [-0.25, -0.2) is 15.0 Å². The third-order valence-electron chi connectivity index (χ3n) is 2.87. The summed E-state index contributed by atoms with van der Waals surface area (Å²) in [5, 5.41) is 6.55. The molecule has 2 aromatic rings. The highest BCUT2D eigenvalue weighted by atomic mass is 16.5. The van der Waals surface area contributed by atoms with E-state index in [0.717, 1.165) is 36.0 Å². The summed E-state index contributed by atoms with van der Waals surface area (Å²) in [6, 6.07) is 5.74. The van der Waals surface area contributed by atoms with Crippen molar-refractivity contribution in [1.29, 1.82) is 0 Å². The Balaban J connectivity index is 1.99. The molecular weight excluding hydrogens is 266 g/mol. The number of hydrogen-bond acceptors (Lipinski definition) is 6. The van der Waals surface area contributed by atoms with Crippen molar-refractivity contribution in [2.45, 2.75) is 26.8 Å². The molecule has 2 rings (SSSR count). The van der Waals surface area contributed by atoms with Crippen LogP contribution in [0.3, 0.4) is 0 Å². The molecule has 2 N–H and O–H groups in total. The summed E-state index contributed by atoms with van der Waals surface area (Å²) in [7, 11) is 1.61. The maximum absolute atomic E-state index is 5.04. The van der Waals surface area contributed by atoms with E-state index in [0.29, 0.717) is 12.4 Å². The van der Waals surface area contributed by atoms with E-state index < -0.39 is 0 Å². The van der Waals surface area contributed by atoms with Gasteiger partial charge < -0.3 is 15.4 Å². The van der Waals surface area contributed by atoms with E-state index in [1.807, 2.05) is 25.1 Å². The molecule has 0 radical (unpaired) electrons. The minimum Gasteiger partial charge on any atom is -0.481 e. The van der Waals surface area contributed by atoms with Crippen molar-refractivity contribution in [2.24, 2.45) is 0 Å². The first kappa shape index (κ1) is 15.0. The Hall–Kier alpha value is -2.37. The fraction of sp³-hybridized carbons (Fsp3) is 0.400. The van der Waals surface area contributed by atoms with Crippen LogP contribution in [-0.4, -0.2) is 28.6 Å². The van der Waals surface area contributed by atoms with Gasteiger partial charge in [-0.3, -0.25) is 0 Å². The molecule has 0 aliphatic carbocycles.